The molecule has 6 heteroatoms. The number of carbonyl (C=O) groups is 1. The van der Waals surface area contributed by atoms with Crippen molar-refractivity contribution in [2.45, 2.75) is 20.3 Å². The standard InChI is InChI=1S/C12H20N4O2/c1-5-9-13-10(7-11(17)14-9)16(6-2)8-12(18)15(3)4/h7H,5-6,8H2,1-4H3,(H,13,14,17). The molecule has 1 N–H and O–H groups in total. The van der Waals surface area contributed by atoms with Crippen LogP contribution in [0.25, 0.3) is 0 Å². The highest BCUT2D eigenvalue weighted by molar-refractivity contribution is 5.80. The van der Waals surface area contributed by atoms with E-state index >= 15 is 0 Å². The van der Waals surface area contributed by atoms with Crippen LogP contribution < -0.4 is 10.5 Å². The lowest BCUT2D eigenvalue weighted by atomic mass is 10.4. The number of amides is 1. The van der Waals surface area contributed by atoms with Crippen molar-refractivity contribution in [1.82, 2.24) is 14.9 Å². The third-order valence-corrected chi connectivity index (χ3v) is 2.64. The Hall–Kier alpha value is -1.85. The molecular formula is C12H20N4O2. The average Bonchev–Trinajstić information content (AvgIpc) is 2.34. The summed E-state index contributed by atoms with van der Waals surface area (Å²) in [5.41, 5.74) is -0.187. The van der Waals surface area contributed by atoms with Crippen molar-refractivity contribution in [2.24, 2.45) is 0 Å². The number of rotatable bonds is 5. The van der Waals surface area contributed by atoms with E-state index in [4.69, 9.17) is 0 Å². The van der Waals surface area contributed by atoms with E-state index in [1.54, 1.807) is 19.0 Å². The second kappa shape index (κ2) is 6.18. The van der Waals surface area contributed by atoms with Gasteiger partial charge in [0.15, 0.2) is 0 Å². The summed E-state index contributed by atoms with van der Waals surface area (Å²) in [5, 5.41) is 0. The molecule has 0 fully saturated rings. The molecule has 0 aromatic carbocycles. The van der Waals surface area contributed by atoms with Crippen molar-refractivity contribution in [3.63, 3.8) is 0 Å². The first kappa shape index (κ1) is 14.2. The topological polar surface area (TPSA) is 69.3 Å². The summed E-state index contributed by atoms with van der Waals surface area (Å²) in [5.74, 6) is 1.17. The predicted octanol–water partition coefficient (Wildman–Crippen LogP) is 0.247. The van der Waals surface area contributed by atoms with E-state index in [2.05, 4.69) is 9.97 Å². The van der Waals surface area contributed by atoms with Gasteiger partial charge in [-0.2, -0.15) is 0 Å². The summed E-state index contributed by atoms with van der Waals surface area (Å²) in [7, 11) is 3.41. The van der Waals surface area contributed by atoms with Crippen LogP contribution in [0.2, 0.25) is 0 Å². The van der Waals surface area contributed by atoms with Crippen molar-refractivity contribution in [3.05, 3.63) is 22.2 Å². The summed E-state index contributed by atoms with van der Waals surface area (Å²) in [4.78, 5) is 33.5. The van der Waals surface area contributed by atoms with Gasteiger partial charge in [0.2, 0.25) is 5.91 Å². The molecule has 1 heterocycles. The molecule has 1 amide bonds. The molecule has 0 unspecified atom stereocenters. The van der Waals surface area contributed by atoms with Crippen molar-refractivity contribution in [2.75, 3.05) is 32.1 Å². The molecule has 18 heavy (non-hydrogen) atoms. The molecule has 0 radical (unpaired) electrons. The second-order valence-electron chi connectivity index (χ2n) is 4.21. The van der Waals surface area contributed by atoms with E-state index in [0.29, 0.717) is 24.6 Å². The summed E-state index contributed by atoms with van der Waals surface area (Å²) in [6.45, 7) is 4.70. The van der Waals surface area contributed by atoms with Gasteiger partial charge in [0, 0.05) is 33.1 Å². The van der Waals surface area contributed by atoms with Gasteiger partial charge in [0.25, 0.3) is 5.56 Å². The molecule has 0 bridgehead atoms. The number of anilines is 1. The van der Waals surface area contributed by atoms with Gasteiger partial charge in [-0.3, -0.25) is 9.59 Å². The van der Waals surface area contributed by atoms with E-state index in [1.807, 2.05) is 13.8 Å². The van der Waals surface area contributed by atoms with E-state index in [0.717, 1.165) is 0 Å². The maximum Gasteiger partial charge on any atom is 0.252 e. The SMILES string of the molecule is CCc1nc(N(CC)CC(=O)N(C)C)cc(=O)[nH]1. The Labute approximate surface area is 107 Å². The third kappa shape index (κ3) is 3.58. The fourth-order valence-electron chi connectivity index (χ4n) is 1.48. The summed E-state index contributed by atoms with van der Waals surface area (Å²) in [6, 6.07) is 1.42. The number of likely N-dealkylation sites (N-methyl/N-ethyl adjacent to an activating group) is 2. The van der Waals surface area contributed by atoms with Crippen LogP contribution in [0.5, 0.6) is 0 Å². The van der Waals surface area contributed by atoms with Gasteiger partial charge in [-0.15, -0.1) is 0 Å². The van der Waals surface area contributed by atoms with Crippen LogP contribution in [0.1, 0.15) is 19.7 Å². The summed E-state index contributed by atoms with van der Waals surface area (Å²) >= 11 is 0. The molecule has 1 aromatic rings. The molecule has 0 aliphatic rings. The Balaban J connectivity index is 2.98. The quantitative estimate of drug-likeness (QED) is 0.815. The lowest BCUT2D eigenvalue weighted by Crippen LogP contribution is -2.37. The lowest BCUT2D eigenvalue weighted by Gasteiger charge is -2.23. The number of aryl methyl sites for hydroxylation is 1. The Morgan fingerprint density at radius 2 is 2.06 bits per heavy atom. The van der Waals surface area contributed by atoms with Gasteiger partial charge >= 0.3 is 0 Å². The zero-order valence-corrected chi connectivity index (χ0v) is 11.4. The first-order valence-corrected chi connectivity index (χ1v) is 6.03. The first-order chi connectivity index (χ1) is 8.47. The van der Waals surface area contributed by atoms with Crippen molar-refractivity contribution in [1.29, 1.82) is 0 Å². The summed E-state index contributed by atoms with van der Waals surface area (Å²) < 4.78 is 0. The molecule has 1 aromatic heterocycles. The molecule has 0 aliphatic heterocycles. The van der Waals surface area contributed by atoms with Crippen molar-refractivity contribution >= 4 is 11.7 Å². The Morgan fingerprint density at radius 3 is 2.56 bits per heavy atom. The minimum atomic E-state index is -0.187. The van der Waals surface area contributed by atoms with E-state index in [9.17, 15) is 9.59 Å². The van der Waals surface area contributed by atoms with Crippen LogP contribution in [-0.2, 0) is 11.2 Å². The Kier molecular flexibility index (Phi) is 4.88. The van der Waals surface area contributed by atoms with E-state index < -0.39 is 0 Å². The van der Waals surface area contributed by atoms with Gasteiger partial charge in [-0.1, -0.05) is 6.92 Å². The Morgan fingerprint density at radius 1 is 1.39 bits per heavy atom. The monoisotopic (exact) mass is 252 g/mol. The smallest absolute Gasteiger partial charge is 0.252 e. The van der Waals surface area contributed by atoms with Gasteiger partial charge in [0.1, 0.15) is 11.6 Å². The zero-order chi connectivity index (χ0) is 13.7. The maximum absolute atomic E-state index is 11.7. The molecule has 0 saturated heterocycles. The minimum absolute atomic E-state index is 0.0167. The number of carbonyl (C=O) groups excluding carboxylic acids is 1. The number of nitrogens with zero attached hydrogens (tertiary/aromatic N) is 3. The van der Waals surface area contributed by atoms with Gasteiger partial charge < -0.3 is 14.8 Å². The molecular weight excluding hydrogens is 232 g/mol. The highest BCUT2D eigenvalue weighted by Crippen LogP contribution is 2.08. The molecule has 0 saturated carbocycles. The second-order valence-corrected chi connectivity index (χ2v) is 4.21. The van der Waals surface area contributed by atoms with Crippen LogP contribution in [0.15, 0.2) is 10.9 Å². The van der Waals surface area contributed by atoms with Crippen LogP contribution in [0.3, 0.4) is 0 Å². The number of H-pyrrole nitrogens is 1. The van der Waals surface area contributed by atoms with Gasteiger partial charge in [-0.25, -0.2) is 4.98 Å². The Bertz CT molecular complexity index is 467. The lowest BCUT2D eigenvalue weighted by molar-refractivity contribution is -0.127. The van der Waals surface area contributed by atoms with Crippen LogP contribution in [-0.4, -0.2) is 48.0 Å². The predicted molar refractivity (Wildman–Crippen MR) is 70.8 cm³/mol. The third-order valence-electron chi connectivity index (χ3n) is 2.64. The minimum Gasteiger partial charge on any atom is -0.347 e. The fourth-order valence-corrected chi connectivity index (χ4v) is 1.48. The number of hydrogen-bond donors (Lipinski definition) is 1. The summed E-state index contributed by atoms with van der Waals surface area (Å²) in [6.07, 6.45) is 0.655. The fraction of sp³-hybridized carbons (Fsp3) is 0.583. The van der Waals surface area contributed by atoms with Gasteiger partial charge in [0.05, 0.1) is 6.54 Å². The van der Waals surface area contributed by atoms with E-state index in [1.165, 1.54) is 11.0 Å². The number of aromatic amines is 1. The van der Waals surface area contributed by atoms with Crippen LogP contribution in [0, 0.1) is 0 Å². The normalized spacial score (nSPS) is 10.2. The molecule has 100 valence electrons. The van der Waals surface area contributed by atoms with Gasteiger partial charge in [-0.05, 0) is 6.92 Å². The largest absolute Gasteiger partial charge is 0.347 e. The number of aromatic nitrogens is 2. The molecule has 0 atom stereocenters. The van der Waals surface area contributed by atoms with Crippen LogP contribution >= 0.6 is 0 Å². The molecule has 1 rings (SSSR count). The molecule has 6 nitrogen and oxygen atoms in total. The molecule has 0 spiro atoms. The van der Waals surface area contributed by atoms with Crippen molar-refractivity contribution in [3.8, 4) is 0 Å². The first-order valence-electron chi connectivity index (χ1n) is 6.03. The average molecular weight is 252 g/mol. The molecule has 0 aliphatic carbocycles. The van der Waals surface area contributed by atoms with Crippen molar-refractivity contribution < 1.29 is 4.79 Å². The van der Waals surface area contributed by atoms with Crippen LogP contribution in [0.4, 0.5) is 5.82 Å². The highest BCUT2D eigenvalue weighted by atomic mass is 16.2. The number of nitrogens with one attached hydrogen (secondary N) is 1. The highest BCUT2D eigenvalue weighted by Gasteiger charge is 2.13. The zero-order valence-electron chi connectivity index (χ0n) is 11.4. The van der Waals surface area contributed by atoms with E-state index in [-0.39, 0.29) is 18.0 Å². The number of hydrogen-bond acceptors (Lipinski definition) is 4. The maximum atomic E-state index is 11.7.